The molecule has 0 radical (unpaired) electrons. The third kappa shape index (κ3) is 13.1. The molecule has 5 aromatic rings. The van der Waals surface area contributed by atoms with Gasteiger partial charge in [-0.25, -0.2) is 28.8 Å². The number of benzene rings is 4. The molecule has 26 heteroatoms. The molecule has 4 aromatic carbocycles. The molecule has 2 saturated heterocycles. The van der Waals surface area contributed by atoms with Gasteiger partial charge in [-0.05, 0) is 98.7 Å². The first-order chi connectivity index (χ1) is 44.7. The Kier molecular flexibility index (Phi) is 19.2. The SMILES string of the molecule is CC(=O)O[C@@]12CO[C@@H]1C[C@H](O)[C@@]1(C)C(=O)[C@H](O)C3=C(C)C(OC(=O)[C@H](OC(=O)C[C@@H](O)C(=O)N4CCN(Cc5ccc(-n6c(-c7cc(C(C)C)c(O)cc7O)n[nH]c6=O)cc5)CC4)[C@@H](NC(=O)OC(C)(C)C)c4ccccc4)C[C@@](O)([C@@H](OC(=O)c4ccccc4)[C@H]21)C3(C)C. The van der Waals surface area contributed by atoms with E-state index in [1.54, 1.807) is 75.4 Å². The van der Waals surface area contributed by atoms with Crippen LogP contribution in [0.4, 0.5) is 4.79 Å². The first-order valence-corrected chi connectivity index (χ1v) is 31.6. The van der Waals surface area contributed by atoms with Crippen molar-refractivity contribution in [2.45, 2.75) is 167 Å². The van der Waals surface area contributed by atoms with Crippen LogP contribution in [0, 0.1) is 16.7 Å². The number of aromatic amines is 1. The molecule has 5 aliphatic rings. The molecule has 3 heterocycles. The van der Waals surface area contributed by atoms with Gasteiger partial charge in [0.25, 0.3) is 5.91 Å². The van der Waals surface area contributed by atoms with Crippen LogP contribution in [0.3, 0.4) is 0 Å². The van der Waals surface area contributed by atoms with Gasteiger partial charge in [0, 0.05) is 64.0 Å². The van der Waals surface area contributed by atoms with Gasteiger partial charge in [-0.2, -0.15) is 5.10 Å². The number of ether oxygens (including phenoxy) is 6. The number of phenols is 2. The number of rotatable bonds is 17. The number of nitrogens with zero attached hydrogens (tertiary/aromatic N) is 4. The molecular formula is C69H82N6O20. The summed E-state index contributed by atoms with van der Waals surface area (Å²) in [5.41, 5.74) is -7.85. The highest BCUT2D eigenvalue weighted by Gasteiger charge is 2.78. The van der Waals surface area contributed by atoms with Crippen LogP contribution in [-0.2, 0) is 58.9 Å². The number of hydrogen-bond donors (Lipinski definition) is 8. The van der Waals surface area contributed by atoms with E-state index in [9.17, 15) is 59.4 Å². The zero-order valence-corrected chi connectivity index (χ0v) is 54.6. The fourth-order valence-electron chi connectivity index (χ4n) is 14.4. The number of ketones is 1. The van der Waals surface area contributed by atoms with E-state index >= 15 is 9.59 Å². The van der Waals surface area contributed by atoms with E-state index in [0.717, 1.165) is 12.5 Å². The molecule has 8 N–H and O–H groups in total. The van der Waals surface area contributed by atoms with Crippen molar-refractivity contribution in [2.75, 3.05) is 32.8 Å². The van der Waals surface area contributed by atoms with Crippen LogP contribution < -0.4 is 11.0 Å². The van der Waals surface area contributed by atoms with Crippen LogP contribution in [0.15, 0.2) is 113 Å². The second kappa shape index (κ2) is 26.4. The number of nitrogens with one attached hydrogen (secondary N) is 2. The van der Waals surface area contributed by atoms with E-state index in [0.29, 0.717) is 30.9 Å². The highest BCUT2D eigenvalue weighted by molar-refractivity contribution is 5.94. The van der Waals surface area contributed by atoms with E-state index in [1.165, 1.54) is 67.5 Å². The summed E-state index contributed by atoms with van der Waals surface area (Å²) in [5.74, 6) is -8.32. The van der Waals surface area contributed by atoms with Gasteiger partial charge in [0.05, 0.1) is 47.3 Å². The summed E-state index contributed by atoms with van der Waals surface area (Å²) in [6.45, 7) is 16.4. The summed E-state index contributed by atoms with van der Waals surface area (Å²) < 4.78 is 37.7. The molecule has 2 saturated carbocycles. The molecule has 1 unspecified atom stereocenters. The standard InChI is InChI=1S/C69H82N6O20/c1-36(2)43-29-44(46(78)30-45(43)77)59-71-72-63(87)75(59)42-23-21-39(22-24-42)34-73-25-27-74(28-26-73)60(84)47(79)31-51(81)92-55(53(40-17-13-11-14-18-40)70-64(88)95-65(5,6)7)62(86)91-48-33-69(89)58(93-61(85)41-19-15-12-16-20-41)56-67(10,57(83)54(82)52(37(48)3)66(69,8)9)49(80)32-50-68(56,35-90-50)94-38(4)76/h11-24,29-30,36,47-50,53-56,58,77-80,82,89H,25-28,31-35H2,1-10H3,(H,70,88)(H,72,87)/t47-,48?,49+,50-,53+,54-,55-,56+,58+,67-,68+,69-/m1/s1. The average Bonchev–Trinajstić information content (AvgIpc) is 0.723. The number of phenolic OH excluding ortho intramolecular Hbond substituents is 2. The number of hydrogen-bond acceptors (Lipinski definition) is 22. The molecule has 2 aliphatic heterocycles. The molecule has 95 heavy (non-hydrogen) atoms. The Morgan fingerprint density at radius 1 is 0.863 bits per heavy atom. The number of amides is 2. The van der Waals surface area contributed by atoms with E-state index in [2.05, 4.69) is 20.4 Å². The maximum absolute atomic E-state index is 15.4. The molecule has 4 fully saturated rings. The number of aromatic nitrogens is 3. The van der Waals surface area contributed by atoms with Crippen LogP contribution in [0.5, 0.6) is 11.5 Å². The Morgan fingerprint density at radius 3 is 2.11 bits per heavy atom. The van der Waals surface area contributed by atoms with Crippen molar-refractivity contribution in [3.05, 3.63) is 141 Å². The predicted molar refractivity (Wildman–Crippen MR) is 337 cm³/mol. The van der Waals surface area contributed by atoms with Crippen molar-refractivity contribution in [3.8, 4) is 28.6 Å². The van der Waals surface area contributed by atoms with Crippen molar-refractivity contribution < 1.29 is 92.6 Å². The van der Waals surface area contributed by atoms with Gasteiger partial charge in [0.2, 0.25) is 6.10 Å². The quantitative estimate of drug-likeness (QED) is 0.0345. The molecule has 26 nitrogen and oxygen atoms in total. The lowest BCUT2D eigenvalue weighted by atomic mass is 9.44. The van der Waals surface area contributed by atoms with E-state index in [4.69, 9.17) is 28.4 Å². The molecule has 508 valence electrons. The van der Waals surface area contributed by atoms with E-state index in [-0.39, 0.29) is 77.2 Å². The summed E-state index contributed by atoms with van der Waals surface area (Å²) in [4.78, 5) is 117. The number of Topliss-reactive ketones (excluding diaryl/α,β-unsaturated/α-hetero) is 1. The first-order valence-electron chi connectivity index (χ1n) is 31.6. The van der Waals surface area contributed by atoms with Crippen molar-refractivity contribution in [3.63, 3.8) is 0 Å². The number of carbonyl (C=O) groups is 7. The zero-order chi connectivity index (χ0) is 69.0. The molecule has 12 atom stereocenters. The molecule has 3 aliphatic carbocycles. The normalized spacial score (nSPS) is 26.6. The van der Waals surface area contributed by atoms with E-state index < -0.39 is 143 Å². The number of aliphatic hydroxyl groups is 4. The number of piperazine rings is 1. The number of esters is 4. The van der Waals surface area contributed by atoms with Crippen molar-refractivity contribution in [1.29, 1.82) is 0 Å². The number of H-pyrrole nitrogens is 1. The topological polar surface area (TPSA) is 365 Å². The smallest absolute Gasteiger partial charge is 0.408 e. The van der Waals surface area contributed by atoms with Crippen LogP contribution >= 0.6 is 0 Å². The summed E-state index contributed by atoms with van der Waals surface area (Å²) in [7, 11) is 0. The highest BCUT2D eigenvalue weighted by atomic mass is 16.6. The summed E-state index contributed by atoms with van der Waals surface area (Å²) in [5, 5.41) is 80.6. The first kappa shape index (κ1) is 69.1. The molecule has 1 aromatic heterocycles. The number of aromatic hydroxyl groups is 2. The second-order valence-corrected chi connectivity index (χ2v) is 27.3. The Balaban J connectivity index is 0.905. The van der Waals surface area contributed by atoms with Crippen molar-refractivity contribution in [2.24, 2.45) is 16.7 Å². The maximum Gasteiger partial charge on any atom is 0.408 e. The van der Waals surface area contributed by atoms with Gasteiger partial charge in [-0.3, -0.25) is 24.1 Å². The van der Waals surface area contributed by atoms with Crippen LogP contribution in [0.1, 0.15) is 128 Å². The lowest BCUT2D eigenvalue weighted by molar-refractivity contribution is -0.346. The van der Waals surface area contributed by atoms with Gasteiger partial charge in [0.15, 0.2) is 17.2 Å². The minimum atomic E-state index is -2.53. The molecule has 10 rings (SSSR count). The monoisotopic (exact) mass is 1310 g/mol. The zero-order valence-electron chi connectivity index (χ0n) is 54.6. The second-order valence-electron chi connectivity index (χ2n) is 27.3. The van der Waals surface area contributed by atoms with E-state index in [1.807, 2.05) is 26.0 Å². The highest BCUT2D eigenvalue weighted by Crippen LogP contribution is 2.64. The molecule has 2 amide bonds. The summed E-state index contributed by atoms with van der Waals surface area (Å²) in [6, 6.07) is 23.7. The summed E-state index contributed by atoms with van der Waals surface area (Å²) in [6.07, 6.45) is -15.7. The van der Waals surface area contributed by atoms with Gasteiger partial charge in [-0.15, -0.1) is 0 Å². The van der Waals surface area contributed by atoms with Crippen LogP contribution in [-0.4, -0.2) is 189 Å². The minimum Gasteiger partial charge on any atom is -0.508 e. The van der Waals surface area contributed by atoms with Gasteiger partial charge < -0.3 is 69.3 Å². The number of alkyl carbamates (subject to hydrolysis) is 1. The van der Waals surface area contributed by atoms with Crippen molar-refractivity contribution >= 4 is 41.7 Å². The number of carbonyl (C=O) groups excluding carboxylic acids is 7. The third-order valence-corrected chi connectivity index (χ3v) is 19.4. The fraction of sp³-hybridized carbons (Fsp3) is 0.493. The number of aliphatic hydroxyl groups excluding tert-OH is 3. The largest absolute Gasteiger partial charge is 0.508 e. The average molecular weight is 1320 g/mol. The molecular weight excluding hydrogens is 1230 g/mol. The Bertz CT molecular complexity index is 3860. The Labute approximate surface area is 547 Å². The molecule has 2 bridgehead atoms. The van der Waals surface area contributed by atoms with Crippen molar-refractivity contribution in [1.82, 2.24) is 29.9 Å². The Morgan fingerprint density at radius 2 is 1.51 bits per heavy atom. The Hall–Kier alpha value is -8.79. The van der Waals surface area contributed by atoms with Crippen LogP contribution in [0.2, 0.25) is 0 Å². The van der Waals surface area contributed by atoms with Gasteiger partial charge in [0.1, 0.15) is 59.3 Å². The lowest BCUT2D eigenvalue weighted by Crippen LogP contribution is -2.81. The number of fused-ring (bicyclic) bond motifs is 5. The maximum atomic E-state index is 15.4. The fourth-order valence-corrected chi connectivity index (χ4v) is 14.4. The summed E-state index contributed by atoms with van der Waals surface area (Å²) >= 11 is 0. The predicted octanol–water partition coefficient (Wildman–Crippen LogP) is 4.98. The van der Waals surface area contributed by atoms with Gasteiger partial charge >= 0.3 is 35.7 Å². The van der Waals surface area contributed by atoms with Gasteiger partial charge in [-0.1, -0.05) is 88.4 Å². The minimum absolute atomic E-state index is 0.00802. The molecule has 0 spiro atoms. The third-order valence-electron chi connectivity index (χ3n) is 19.4. The van der Waals surface area contributed by atoms with Crippen LogP contribution in [0.25, 0.3) is 17.1 Å². The lowest BCUT2D eigenvalue weighted by Gasteiger charge is -2.67.